The Morgan fingerprint density at radius 3 is 0.500 bits per heavy atom. The van der Waals surface area contributed by atoms with E-state index < -0.39 is 18.5 Å². The maximum atomic E-state index is 8.56. The zero-order chi connectivity index (χ0) is 10.7. The van der Waals surface area contributed by atoms with Crippen LogP contribution in [0.2, 0.25) is 0 Å². The van der Waals surface area contributed by atoms with Crippen LogP contribution in [0.4, 0.5) is 14.4 Å². The average Bonchev–Trinajstić information content (AvgIpc) is 1.54. The minimum Gasteiger partial charge on any atom is -0.450 e. The quantitative estimate of drug-likeness (QED) is 0.279. The van der Waals surface area contributed by atoms with Gasteiger partial charge in [0.05, 0.1) is 0 Å². The molecule has 0 atom stereocenters. The van der Waals surface area contributed by atoms with Crippen LogP contribution in [-0.4, -0.2) is 49.1 Å². The summed E-state index contributed by atoms with van der Waals surface area (Å²) < 4.78 is 0. The summed E-state index contributed by atoms with van der Waals surface area (Å²) in [6.07, 6.45) is -5.50. The third kappa shape index (κ3) is 7750. The van der Waals surface area contributed by atoms with Crippen molar-refractivity contribution in [3.63, 3.8) is 0 Å². The van der Waals surface area contributed by atoms with Crippen molar-refractivity contribution < 1.29 is 125 Å². The van der Waals surface area contributed by atoms with Gasteiger partial charge in [-0.15, -0.1) is 0 Å². The van der Waals surface area contributed by atoms with Crippen molar-refractivity contribution in [2.45, 2.75) is 0 Å². The number of rotatable bonds is 0. The normalized spacial score (nSPS) is 5.14. The Balaban J connectivity index is -0.0000000270. The van der Waals surface area contributed by atoms with E-state index in [2.05, 4.69) is 0 Å². The molecule has 0 bridgehead atoms. The van der Waals surface area contributed by atoms with E-state index in [0.29, 0.717) is 0 Å². The van der Waals surface area contributed by atoms with Crippen molar-refractivity contribution >= 4 is 18.5 Å². The molecule has 0 unspecified atom stereocenters. The van der Waals surface area contributed by atoms with Gasteiger partial charge in [-0.05, 0) is 0 Å². The molecule has 0 fully saturated rings. The fourth-order valence-electron chi connectivity index (χ4n) is 0. The third-order valence-corrected chi connectivity index (χ3v) is 0. The Hall–Kier alpha value is 0.459. The molecule has 0 saturated carbocycles. The molecule has 14 heavy (non-hydrogen) atoms. The van der Waals surface area contributed by atoms with Crippen molar-refractivity contribution in [3.8, 4) is 0 Å². The first-order valence-corrected chi connectivity index (χ1v) is 1.95. The average molecular weight is 501 g/mol. The van der Waals surface area contributed by atoms with Crippen LogP contribution >= 0.6 is 0 Å². The Bertz CT molecular complexity index is 116. The first-order chi connectivity index (χ1) is 5.20. The molecule has 0 spiro atoms. The molecule has 6 N–H and O–H groups in total. The van der Waals surface area contributed by atoms with Crippen molar-refractivity contribution in [3.05, 3.63) is 0 Å². The molecular weight excluding hydrogens is 495 g/mol. The SMILES string of the molecule is O=C(O)O.O=C(O)O.O=C(O)O.[Gd].[Gd]. The molecule has 0 aliphatic rings. The van der Waals surface area contributed by atoms with Gasteiger partial charge in [0.2, 0.25) is 0 Å². The van der Waals surface area contributed by atoms with Crippen LogP contribution in [0.15, 0.2) is 0 Å². The van der Waals surface area contributed by atoms with Crippen LogP contribution in [0, 0.1) is 79.9 Å². The molecular formula is C3H6Gd2O9. The monoisotopic (exact) mass is 502 g/mol. The fourth-order valence-corrected chi connectivity index (χ4v) is 0. The summed E-state index contributed by atoms with van der Waals surface area (Å²) in [5.41, 5.74) is 0. The Morgan fingerprint density at radius 2 is 0.500 bits per heavy atom. The van der Waals surface area contributed by atoms with Gasteiger partial charge >= 0.3 is 18.5 Å². The summed E-state index contributed by atoms with van der Waals surface area (Å²) in [6.45, 7) is 0. The number of carboxylic acid groups (broad SMARTS) is 6. The van der Waals surface area contributed by atoms with Gasteiger partial charge < -0.3 is 30.6 Å². The minimum absolute atomic E-state index is 0. The second kappa shape index (κ2) is 23.4. The third-order valence-electron chi connectivity index (χ3n) is 0. The molecule has 0 aromatic rings. The second-order valence-electron chi connectivity index (χ2n) is 0.848. The second-order valence-corrected chi connectivity index (χ2v) is 0.848. The number of carbonyl (C=O) groups is 3. The van der Waals surface area contributed by atoms with Gasteiger partial charge in [0, 0.05) is 79.9 Å². The van der Waals surface area contributed by atoms with Crippen LogP contribution in [0.25, 0.3) is 0 Å². The van der Waals surface area contributed by atoms with Gasteiger partial charge in [-0.25, -0.2) is 14.4 Å². The molecule has 0 aliphatic heterocycles. The van der Waals surface area contributed by atoms with Crippen molar-refractivity contribution in [1.29, 1.82) is 0 Å². The molecule has 9 nitrogen and oxygen atoms in total. The standard InChI is InChI=1S/3CH2O3.2Gd/c3*2-1(3)4;;/h3*(H2,2,3,4);;. The Labute approximate surface area is 141 Å². The maximum absolute atomic E-state index is 8.56. The maximum Gasteiger partial charge on any atom is 0.503 e. The largest absolute Gasteiger partial charge is 0.503 e. The topological polar surface area (TPSA) is 173 Å². The molecule has 0 amide bonds. The van der Waals surface area contributed by atoms with E-state index >= 15 is 0 Å². The van der Waals surface area contributed by atoms with Gasteiger partial charge in [0.1, 0.15) is 0 Å². The van der Waals surface area contributed by atoms with Crippen LogP contribution in [0.3, 0.4) is 0 Å². The van der Waals surface area contributed by atoms with Gasteiger partial charge in [-0.2, -0.15) is 0 Å². The summed E-state index contributed by atoms with van der Waals surface area (Å²) in [4.78, 5) is 25.7. The van der Waals surface area contributed by atoms with E-state index in [9.17, 15) is 0 Å². The van der Waals surface area contributed by atoms with Crippen molar-refractivity contribution in [2.24, 2.45) is 0 Å². The molecule has 0 aromatic heterocycles. The predicted molar refractivity (Wildman–Crippen MR) is 32.0 cm³/mol. The predicted octanol–water partition coefficient (Wildman–Crippen LogP) is 0.667. The van der Waals surface area contributed by atoms with Gasteiger partial charge in [-0.1, -0.05) is 0 Å². The van der Waals surface area contributed by atoms with Crippen LogP contribution < -0.4 is 0 Å². The Kier molecular flexibility index (Phi) is 48.8. The number of hydrogen-bond acceptors (Lipinski definition) is 3. The zero-order valence-corrected chi connectivity index (χ0v) is 10.7. The van der Waals surface area contributed by atoms with Gasteiger partial charge in [-0.3, -0.25) is 0 Å². The Morgan fingerprint density at radius 1 is 0.500 bits per heavy atom. The molecule has 11 heteroatoms. The van der Waals surface area contributed by atoms with Gasteiger partial charge in [0.25, 0.3) is 0 Å². The first kappa shape index (κ1) is 29.3. The van der Waals surface area contributed by atoms with Crippen LogP contribution in [-0.2, 0) is 0 Å². The van der Waals surface area contributed by atoms with E-state index in [4.69, 9.17) is 45.0 Å². The van der Waals surface area contributed by atoms with Gasteiger partial charge in [0.15, 0.2) is 0 Å². The van der Waals surface area contributed by atoms with E-state index in [-0.39, 0.29) is 79.9 Å². The van der Waals surface area contributed by atoms with Crippen LogP contribution in [0.5, 0.6) is 0 Å². The van der Waals surface area contributed by atoms with E-state index in [1.807, 2.05) is 0 Å². The molecule has 0 aromatic carbocycles. The molecule has 0 heterocycles. The minimum atomic E-state index is -1.83. The number of hydrogen-bond donors (Lipinski definition) is 6. The van der Waals surface area contributed by atoms with Crippen molar-refractivity contribution in [1.82, 2.24) is 0 Å². The molecule has 0 saturated heterocycles. The van der Waals surface area contributed by atoms with Crippen LogP contribution in [0.1, 0.15) is 0 Å². The molecule has 88 valence electrons. The smallest absolute Gasteiger partial charge is 0.450 e. The fraction of sp³-hybridized carbons (Fsp3) is 0. The summed E-state index contributed by atoms with van der Waals surface area (Å²) >= 11 is 0. The zero-order valence-electron chi connectivity index (χ0n) is 6.12. The molecule has 0 radical (unpaired) electrons. The summed E-state index contributed by atoms with van der Waals surface area (Å²) in [5.74, 6) is 0. The van der Waals surface area contributed by atoms with E-state index in [0.717, 1.165) is 0 Å². The first-order valence-electron chi connectivity index (χ1n) is 1.95. The van der Waals surface area contributed by atoms with E-state index in [1.165, 1.54) is 0 Å². The molecule has 0 rings (SSSR count). The molecule has 0 aliphatic carbocycles. The summed E-state index contributed by atoms with van der Waals surface area (Å²) in [7, 11) is 0. The summed E-state index contributed by atoms with van der Waals surface area (Å²) in [6, 6.07) is 0. The van der Waals surface area contributed by atoms with Crippen molar-refractivity contribution in [2.75, 3.05) is 0 Å². The summed E-state index contributed by atoms with van der Waals surface area (Å²) in [5, 5.41) is 41.8. The van der Waals surface area contributed by atoms with E-state index in [1.54, 1.807) is 0 Å².